The molecule has 16 heavy (non-hydrogen) atoms. The van der Waals surface area contributed by atoms with E-state index >= 15 is 0 Å². The van der Waals surface area contributed by atoms with Crippen LogP contribution in [0.3, 0.4) is 0 Å². The average Bonchev–Trinajstić information content (AvgIpc) is 2.14. The molecule has 0 aliphatic heterocycles. The van der Waals surface area contributed by atoms with Gasteiger partial charge < -0.3 is 10.5 Å². The second kappa shape index (κ2) is 5.05. The molecule has 90 valence electrons. The first-order chi connectivity index (χ1) is 7.29. The quantitative estimate of drug-likeness (QED) is 0.928. The van der Waals surface area contributed by atoms with Crippen LogP contribution in [0.5, 0.6) is 5.75 Å². The van der Waals surface area contributed by atoms with Gasteiger partial charge in [-0.2, -0.15) is 13.2 Å². The fourth-order valence-corrected chi connectivity index (χ4v) is 1.73. The van der Waals surface area contributed by atoms with Crippen LogP contribution < -0.4 is 10.5 Å². The highest BCUT2D eigenvalue weighted by atomic mass is 79.9. The lowest BCUT2D eigenvalue weighted by Gasteiger charge is -2.13. The lowest BCUT2D eigenvalue weighted by Crippen LogP contribution is -2.19. The van der Waals surface area contributed by atoms with Crippen LogP contribution in [0, 0.1) is 0 Å². The summed E-state index contributed by atoms with van der Waals surface area (Å²) in [5, 5.41) is 0. The van der Waals surface area contributed by atoms with Gasteiger partial charge in [-0.1, -0.05) is 15.9 Å². The van der Waals surface area contributed by atoms with Crippen molar-refractivity contribution in [3.05, 3.63) is 28.2 Å². The van der Waals surface area contributed by atoms with Gasteiger partial charge in [0.05, 0.1) is 0 Å². The van der Waals surface area contributed by atoms with E-state index < -0.39 is 12.8 Å². The molecule has 0 radical (unpaired) electrons. The summed E-state index contributed by atoms with van der Waals surface area (Å²) < 4.78 is 41.1. The fraction of sp³-hybridized carbons (Fsp3) is 0.400. The Morgan fingerprint density at radius 2 is 2.06 bits per heavy atom. The Hall–Kier alpha value is -0.750. The molecule has 6 heteroatoms. The molecule has 1 aromatic carbocycles. The van der Waals surface area contributed by atoms with Crippen LogP contribution in [0.4, 0.5) is 13.2 Å². The van der Waals surface area contributed by atoms with E-state index in [0.717, 1.165) is 4.47 Å². The van der Waals surface area contributed by atoms with Crippen LogP contribution in [-0.2, 0) is 0 Å². The predicted octanol–water partition coefficient (Wildman–Crippen LogP) is 3.41. The van der Waals surface area contributed by atoms with Crippen molar-refractivity contribution in [2.45, 2.75) is 19.1 Å². The molecule has 1 rings (SSSR count). The molecule has 0 aliphatic rings. The molecule has 1 aromatic rings. The van der Waals surface area contributed by atoms with Crippen LogP contribution in [-0.4, -0.2) is 12.8 Å². The normalized spacial score (nSPS) is 13.6. The zero-order valence-electron chi connectivity index (χ0n) is 8.51. The summed E-state index contributed by atoms with van der Waals surface area (Å²) in [5.41, 5.74) is 6.37. The summed E-state index contributed by atoms with van der Waals surface area (Å²) >= 11 is 3.26. The molecule has 0 aromatic heterocycles. The van der Waals surface area contributed by atoms with E-state index in [9.17, 15) is 13.2 Å². The highest BCUT2D eigenvalue weighted by Gasteiger charge is 2.28. The van der Waals surface area contributed by atoms with Gasteiger partial charge in [0.15, 0.2) is 6.61 Å². The van der Waals surface area contributed by atoms with Crippen molar-refractivity contribution >= 4 is 15.9 Å². The molecule has 0 heterocycles. The SMILES string of the molecule is C[C@@H](N)c1cc(OCC(F)(F)F)ccc1Br. The minimum absolute atomic E-state index is 0.160. The Kier molecular flexibility index (Phi) is 4.21. The maximum absolute atomic E-state index is 11.9. The van der Waals surface area contributed by atoms with Gasteiger partial charge in [0, 0.05) is 10.5 Å². The third-order valence-electron chi connectivity index (χ3n) is 1.86. The first-order valence-electron chi connectivity index (χ1n) is 4.54. The molecule has 0 saturated heterocycles. The minimum atomic E-state index is -4.33. The van der Waals surface area contributed by atoms with E-state index in [2.05, 4.69) is 20.7 Å². The van der Waals surface area contributed by atoms with Crippen molar-refractivity contribution in [3.8, 4) is 5.75 Å². The van der Waals surface area contributed by atoms with Gasteiger partial charge in [-0.15, -0.1) is 0 Å². The standard InChI is InChI=1S/C10H11BrF3NO/c1-6(15)8-4-7(2-3-9(8)11)16-5-10(12,13)14/h2-4,6H,5,15H2,1H3/t6-/m1/s1. The molecule has 0 spiro atoms. The average molecular weight is 298 g/mol. The van der Waals surface area contributed by atoms with Gasteiger partial charge in [-0.05, 0) is 30.7 Å². The van der Waals surface area contributed by atoms with Gasteiger partial charge in [0.2, 0.25) is 0 Å². The molecule has 0 fully saturated rings. The van der Waals surface area contributed by atoms with Gasteiger partial charge in [0.1, 0.15) is 5.75 Å². The number of hydrogen-bond donors (Lipinski definition) is 1. The summed E-state index contributed by atoms with van der Waals surface area (Å²) in [6, 6.07) is 4.30. The Labute approximate surface area is 99.7 Å². The van der Waals surface area contributed by atoms with Crippen LogP contribution in [0.1, 0.15) is 18.5 Å². The Balaban J connectivity index is 2.79. The molecule has 2 nitrogen and oxygen atoms in total. The van der Waals surface area contributed by atoms with Crippen LogP contribution >= 0.6 is 15.9 Å². The molecule has 2 N–H and O–H groups in total. The number of alkyl halides is 3. The smallest absolute Gasteiger partial charge is 0.422 e. The number of hydrogen-bond acceptors (Lipinski definition) is 2. The van der Waals surface area contributed by atoms with Crippen molar-refractivity contribution in [1.82, 2.24) is 0 Å². The van der Waals surface area contributed by atoms with Crippen LogP contribution in [0.2, 0.25) is 0 Å². The maximum Gasteiger partial charge on any atom is 0.422 e. The molecule has 0 amide bonds. The van der Waals surface area contributed by atoms with Crippen molar-refractivity contribution < 1.29 is 17.9 Å². The Morgan fingerprint density at radius 3 is 2.56 bits per heavy atom. The third-order valence-corrected chi connectivity index (χ3v) is 2.58. The first kappa shape index (κ1) is 13.3. The van der Waals surface area contributed by atoms with Crippen molar-refractivity contribution in [1.29, 1.82) is 0 Å². The van der Waals surface area contributed by atoms with Gasteiger partial charge in [-0.3, -0.25) is 0 Å². The van der Waals surface area contributed by atoms with Gasteiger partial charge in [-0.25, -0.2) is 0 Å². The summed E-state index contributed by atoms with van der Waals surface area (Å²) in [6.07, 6.45) is -4.33. The number of nitrogens with two attached hydrogens (primary N) is 1. The lowest BCUT2D eigenvalue weighted by atomic mass is 10.1. The maximum atomic E-state index is 11.9. The topological polar surface area (TPSA) is 35.2 Å². The molecular formula is C10H11BrF3NO. The number of benzene rings is 1. The van der Waals surface area contributed by atoms with E-state index in [1.165, 1.54) is 12.1 Å². The summed E-state index contributed by atoms with van der Waals surface area (Å²) in [4.78, 5) is 0. The zero-order valence-corrected chi connectivity index (χ0v) is 10.1. The van der Waals surface area contributed by atoms with Crippen LogP contribution in [0.25, 0.3) is 0 Å². The summed E-state index contributed by atoms with van der Waals surface area (Å²) in [7, 11) is 0. The number of halogens is 4. The monoisotopic (exact) mass is 297 g/mol. The predicted molar refractivity (Wildman–Crippen MR) is 58.3 cm³/mol. The lowest BCUT2D eigenvalue weighted by molar-refractivity contribution is -0.153. The zero-order chi connectivity index (χ0) is 12.3. The van der Waals surface area contributed by atoms with Crippen molar-refractivity contribution in [2.75, 3.05) is 6.61 Å². The van der Waals surface area contributed by atoms with E-state index in [0.29, 0.717) is 5.56 Å². The van der Waals surface area contributed by atoms with E-state index in [1.54, 1.807) is 13.0 Å². The molecule has 1 atom stereocenters. The van der Waals surface area contributed by atoms with Gasteiger partial charge in [0.25, 0.3) is 0 Å². The van der Waals surface area contributed by atoms with E-state index in [-0.39, 0.29) is 11.8 Å². The molecular weight excluding hydrogens is 287 g/mol. The Morgan fingerprint density at radius 1 is 1.44 bits per heavy atom. The molecule has 0 unspecified atom stereocenters. The van der Waals surface area contributed by atoms with Crippen molar-refractivity contribution in [2.24, 2.45) is 5.73 Å². The number of rotatable bonds is 3. The second-order valence-electron chi connectivity index (χ2n) is 3.38. The van der Waals surface area contributed by atoms with Gasteiger partial charge >= 0.3 is 6.18 Å². The first-order valence-corrected chi connectivity index (χ1v) is 5.33. The van der Waals surface area contributed by atoms with E-state index in [1.807, 2.05) is 0 Å². The second-order valence-corrected chi connectivity index (χ2v) is 4.23. The highest BCUT2D eigenvalue weighted by molar-refractivity contribution is 9.10. The largest absolute Gasteiger partial charge is 0.484 e. The Bertz CT molecular complexity index is 366. The summed E-state index contributed by atoms with van der Waals surface area (Å²) in [5.74, 6) is 0.160. The van der Waals surface area contributed by atoms with E-state index in [4.69, 9.17) is 5.73 Å². The fourth-order valence-electron chi connectivity index (χ4n) is 1.13. The summed E-state index contributed by atoms with van der Waals surface area (Å²) in [6.45, 7) is 0.445. The molecule has 0 aliphatic carbocycles. The highest BCUT2D eigenvalue weighted by Crippen LogP contribution is 2.27. The minimum Gasteiger partial charge on any atom is -0.484 e. The van der Waals surface area contributed by atoms with Crippen LogP contribution in [0.15, 0.2) is 22.7 Å². The van der Waals surface area contributed by atoms with Crippen molar-refractivity contribution in [3.63, 3.8) is 0 Å². The molecule has 0 saturated carbocycles. The number of ether oxygens (including phenoxy) is 1. The molecule has 0 bridgehead atoms. The third kappa shape index (κ3) is 4.02.